The zero-order valence-corrected chi connectivity index (χ0v) is 15.2. The second-order valence-electron chi connectivity index (χ2n) is 6.78. The molecule has 4 N–H and O–H groups in total. The van der Waals surface area contributed by atoms with Crippen LogP contribution in [0.1, 0.15) is 38.5 Å². The lowest BCUT2D eigenvalue weighted by atomic mass is 10.00. The summed E-state index contributed by atoms with van der Waals surface area (Å²) < 4.78 is 0. The Morgan fingerprint density at radius 2 is 1.68 bits per heavy atom. The third-order valence-corrected chi connectivity index (χ3v) is 5.00. The Balaban J connectivity index is 0.00000225. The number of carbonyl (C=O) groups excluding carboxylic acids is 2. The Morgan fingerprint density at radius 3 is 2.28 bits per heavy atom. The molecule has 6 nitrogen and oxygen atoms in total. The van der Waals surface area contributed by atoms with E-state index in [1.165, 1.54) is 0 Å². The van der Waals surface area contributed by atoms with E-state index in [0.29, 0.717) is 17.8 Å². The molecule has 0 unspecified atom stereocenters. The molecule has 1 aliphatic heterocycles. The van der Waals surface area contributed by atoms with E-state index in [1.54, 1.807) is 4.90 Å². The third kappa shape index (κ3) is 5.09. The van der Waals surface area contributed by atoms with E-state index in [-0.39, 0.29) is 36.3 Å². The summed E-state index contributed by atoms with van der Waals surface area (Å²) in [4.78, 5) is 26.4. The van der Waals surface area contributed by atoms with Crippen LogP contribution in [0.5, 0.6) is 0 Å². The minimum absolute atomic E-state index is 0. The number of benzene rings is 1. The molecule has 1 saturated carbocycles. The predicted molar refractivity (Wildman–Crippen MR) is 102 cm³/mol. The first kappa shape index (κ1) is 19.5. The average Bonchev–Trinajstić information content (AvgIpc) is 3.22. The fourth-order valence-corrected chi connectivity index (χ4v) is 3.57. The number of rotatable bonds is 4. The molecule has 1 saturated heterocycles. The van der Waals surface area contributed by atoms with Crippen LogP contribution in [-0.4, -0.2) is 36.0 Å². The molecule has 25 heavy (non-hydrogen) atoms. The summed E-state index contributed by atoms with van der Waals surface area (Å²) in [7, 11) is 0. The molecule has 2 fully saturated rings. The Bertz CT molecular complexity index is 604. The SMILES string of the molecule is Cl.N[C@@H]1CCC[C@H]1CC(=O)Nc1ccccc1NC(=O)N1CCCC1. The monoisotopic (exact) mass is 366 g/mol. The van der Waals surface area contributed by atoms with Gasteiger partial charge in [-0.05, 0) is 43.7 Å². The first-order valence-electron chi connectivity index (χ1n) is 8.84. The molecular formula is C18H27ClN4O2. The number of anilines is 2. The van der Waals surface area contributed by atoms with Gasteiger partial charge in [0.25, 0.3) is 0 Å². The summed E-state index contributed by atoms with van der Waals surface area (Å²) in [5.41, 5.74) is 7.32. The number of nitrogens with two attached hydrogens (primary N) is 1. The Kier molecular flexibility index (Phi) is 7.08. The largest absolute Gasteiger partial charge is 0.327 e. The normalized spacial score (nSPS) is 22.4. The topological polar surface area (TPSA) is 87.5 Å². The summed E-state index contributed by atoms with van der Waals surface area (Å²) in [6, 6.07) is 7.34. The number of hydrogen-bond acceptors (Lipinski definition) is 3. The average molecular weight is 367 g/mol. The van der Waals surface area contributed by atoms with Gasteiger partial charge in [0, 0.05) is 25.6 Å². The van der Waals surface area contributed by atoms with Crippen molar-refractivity contribution in [2.45, 2.75) is 44.6 Å². The molecule has 0 spiro atoms. The van der Waals surface area contributed by atoms with Crippen LogP contribution in [-0.2, 0) is 4.79 Å². The molecule has 0 radical (unpaired) electrons. The lowest BCUT2D eigenvalue weighted by molar-refractivity contribution is -0.117. The molecule has 0 aromatic heterocycles. The van der Waals surface area contributed by atoms with Crippen LogP contribution < -0.4 is 16.4 Å². The predicted octanol–water partition coefficient (Wildman–Crippen LogP) is 3.19. The second-order valence-corrected chi connectivity index (χ2v) is 6.78. The maximum absolute atomic E-state index is 12.3. The maximum atomic E-state index is 12.3. The molecule has 1 aromatic carbocycles. The first-order valence-corrected chi connectivity index (χ1v) is 8.84. The molecule has 2 aliphatic rings. The summed E-state index contributed by atoms with van der Waals surface area (Å²) in [6.45, 7) is 1.58. The maximum Gasteiger partial charge on any atom is 0.321 e. The molecule has 138 valence electrons. The van der Waals surface area contributed by atoms with Gasteiger partial charge < -0.3 is 21.3 Å². The van der Waals surface area contributed by atoms with E-state index < -0.39 is 0 Å². The number of hydrogen-bond donors (Lipinski definition) is 3. The Morgan fingerprint density at radius 1 is 1.04 bits per heavy atom. The lowest BCUT2D eigenvalue weighted by Gasteiger charge is -2.19. The number of para-hydroxylation sites is 2. The number of nitrogens with one attached hydrogen (secondary N) is 2. The quantitative estimate of drug-likeness (QED) is 0.764. The summed E-state index contributed by atoms with van der Waals surface area (Å²) in [5.74, 6) is 0.219. The van der Waals surface area contributed by atoms with E-state index >= 15 is 0 Å². The highest BCUT2D eigenvalue weighted by Crippen LogP contribution is 2.28. The van der Waals surface area contributed by atoms with Gasteiger partial charge in [0.05, 0.1) is 11.4 Å². The van der Waals surface area contributed by atoms with Crippen molar-refractivity contribution in [2.24, 2.45) is 11.7 Å². The third-order valence-electron chi connectivity index (χ3n) is 5.00. The number of carbonyl (C=O) groups is 2. The highest BCUT2D eigenvalue weighted by atomic mass is 35.5. The van der Waals surface area contributed by atoms with Crippen molar-refractivity contribution in [1.82, 2.24) is 4.90 Å². The van der Waals surface area contributed by atoms with Crippen LogP contribution in [0.25, 0.3) is 0 Å². The summed E-state index contributed by atoms with van der Waals surface area (Å²) in [6.07, 6.45) is 5.65. The zero-order chi connectivity index (χ0) is 16.9. The van der Waals surface area contributed by atoms with Crippen molar-refractivity contribution in [3.8, 4) is 0 Å². The van der Waals surface area contributed by atoms with Gasteiger partial charge in [-0.2, -0.15) is 0 Å². The number of urea groups is 1. The molecule has 0 bridgehead atoms. The minimum Gasteiger partial charge on any atom is -0.327 e. The van der Waals surface area contributed by atoms with Gasteiger partial charge in [0.1, 0.15) is 0 Å². The standard InChI is InChI=1S/C18H26N4O2.ClH/c19-14-7-5-6-13(14)12-17(23)20-15-8-1-2-9-16(15)21-18(24)22-10-3-4-11-22;/h1-2,8-9,13-14H,3-7,10-12,19H2,(H,20,23)(H,21,24);1H/t13-,14+;/m0./s1. The Hall–Kier alpha value is -1.79. The minimum atomic E-state index is -0.105. The van der Waals surface area contributed by atoms with Gasteiger partial charge in [-0.25, -0.2) is 4.79 Å². The second kappa shape index (κ2) is 9.06. The molecule has 1 aromatic rings. The molecule has 7 heteroatoms. The van der Waals surface area contributed by atoms with Gasteiger partial charge in [-0.3, -0.25) is 4.79 Å². The van der Waals surface area contributed by atoms with Crippen LogP contribution in [0, 0.1) is 5.92 Å². The summed E-state index contributed by atoms with van der Waals surface area (Å²) >= 11 is 0. The van der Waals surface area contributed by atoms with E-state index in [1.807, 2.05) is 24.3 Å². The van der Waals surface area contributed by atoms with E-state index in [4.69, 9.17) is 5.73 Å². The Labute approximate surface area is 154 Å². The van der Waals surface area contributed by atoms with Crippen molar-refractivity contribution in [1.29, 1.82) is 0 Å². The number of halogens is 1. The van der Waals surface area contributed by atoms with Crippen molar-refractivity contribution in [2.75, 3.05) is 23.7 Å². The van der Waals surface area contributed by atoms with Crippen LogP contribution in [0.4, 0.5) is 16.2 Å². The fraction of sp³-hybridized carbons (Fsp3) is 0.556. The zero-order valence-electron chi connectivity index (χ0n) is 14.4. The van der Waals surface area contributed by atoms with E-state index in [2.05, 4.69) is 10.6 Å². The van der Waals surface area contributed by atoms with Gasteiger partial charge >= 0.3 is 6.03 Å². The lowest BCUT2D eigenvalue weighted by Crippen LogP contribution is -2.32. The smallest absolute Gasteiger partial charge is 0.321 e. The van der Waals surface area contributed by atoms with Gasteiger partial charge in [-0.1, -0.05) is 18.6 Å². The fourth-order valence-electron chi connectivity index (χ4n) is 3.57. The number of nitrogens with zero attached hydrogens (tertiary/aromatic N) is 1. The van der Waals surface area contributed by atoms with Crippen molar-refractivity contribution in [3.05, 3.63) is 24.3 Å². The van der Waals surface area contributed by atoms with Gasteiger partial charge in [0.15, 0.2) is 0 Å². The van der Waals surface area contributed by atoms with Crippen molar-refractivity contribution >= 4 is 35.7 Å². The molecule has 2 atom stereocenters. The molecule has 3 amide bonds. The van der Waals surface area contributed by atoms with Crippen molar-refractivity contribution in [3.63, 3.8) is 0 Å². The van der Waals surface area contributed by atoms with Crippen LogP contribution in [0.3, 0.4) is 0 Å². The van der Waals surface area contributed by atoms with E-state index in [0.717, 1.165) is 45.2 Å². The van der Waals surface area contributed by atoms with Crippen LogP contribution in [0.2, 0.25) is 0 Å². The van der Waals surface area contributed by atoms with Crippen LogP contribution >= 0.6 is 12.4 Å². The summed E-state index contributed by atoms with van der Waals surface area (Å²) in [5, 5.41) is 5.83. The highest BCUT2D eigenvalue weighted by Gasteiger charge is 2.26. The first-order chi connectivity index (χ1) is 11.6. The van der Waals surface area contributed by atoms with E-state index in [9.17, 15) is 9.59 Å². The molecule has 3 rings (SSSR count). The number of amides is 3. The van der Waals surface area contributed by atoms with Crippen LogP contribution in [0.15, 0.2) is 24.3 Å². The molecular weight excluding hydrogens is 340 g/mol. The van der Waals surface area contributed by atoms with Gasteiger partial charge in [0.2, 0.25) is 5.91 Å². The number of likely N-dealkylation sites (tertiary alicyclic amines) is 1. The highest BCUT2D eigenvalue weighted by molar-refractivity contribution is 5.99. The molecule has 1 aliphatic carbocycles. The van der Waals surface area contributed by atoms with Crippen molar-refractivity contribution < 1.29 is 9.59 Å². The molecule has 1 heterocycles. The van der Waals surface area contributed by atoms with Gasteiger partial charge in [-0.15, -0.1) is 12.4 Å².